The number of phosphoric ester groups is 1. The van der Waals surface area contributed by atoms with Gasteiger partial charge in [-0.2, -0.15) is 0 Å². The molecule has 0 aliphatic rings. The summed E-state index contributed by atoms with van der Waals surface area (Å²) < 4.78 is 23.6. The zero-order valence-electron chi connectivity index (χ0n) is 42.1. The first-order valence-corrected chi connectivity index (χ1v) is 28.0. The van der Waals surface area contributed by atoms with E-state index in [2.05, 4.69) is 55.6 Å². The summed E-state index contributed by atoms with van der Waals surface area (Å²) in [6.07, 6.45) is 59.1. The molecular weight excluding hydrogens is 804 g/mol. The molecule has 3 atom stereocenters. The van der Waals surface area contributed by atoms with Crippen molar-refractivity contribution in [3.05, 3.63) is 48.6 Å². The molecule has 3 N–H and O–H groups in total. The van der Waals surface area contributed by atoms with Crippen LogP contribution in [0.2, 0.25) is 0 Å². The smallest absolute Gasteiger partial charge is 0.387 e. The number of rotatable bonds is 48. The molecule has 0 aromatic heterocycles. The molecule has 0 bridgehead atoms. The number of aliphatic hydroxyl groups is 1. The third-order valence-corrected chi connectivity index (χ3v) is 12.8. The first-order valence-electron chi connectivity index (χ1n) is 26.5. The van der Waals surface area contributed by atoms with Gasteiger partial charge in [0.05, 0.1) is 39.9 Å². The molecule has 0 spiro atoms. The number of hydrogen-bond acceptors (Lipinski definition) is 5. The number of nitrogens with one attached hydrogen (secondary N) is 1. The van der Waals surface area contributed by atoms with Gasteiger partial charge in [-0.3, -0.25) is 13.8 Å². The average Bonchev–Trinajstić information content (AvgIpc) is 3.24. The highest BCUT2D eigenvalue weighted by Crippen LogP contribution is 2.43. The molecule has 0 aliphatic carbocycles. The van der Waals surface area contributed by atoms with Crippen molar-refractivity contribution in [2.45, 2.75) is 251 Å². The van der Waals surface area contributed by atoms with Gasteiger partial charge in [-0.1, -0.05) is 217 Å². The van der Waals surface area contributed by atoms with Crippen LogP contribution in [-0.4, -0.2) is 73.4 Å². The lowest BCUT2D eigenvalue weighted by atomic mass is 10.0. The van der Waals surface area contributed by atoms with Crippen LogP contribution in [0.4, 0.5) is 0 Å². The Labute approximate surface area is 390 Å². The van der Waals surface area contributed by atoms with E-state index in [1.54, 1.807) is 6.08 Å². The van der Waals surface area contributed by atoms with Crippen LogP contribution in [0.5, 0.6) is 0 Å². The molecule has 0 aliphatic heterocycles. The lowest BCUT2D eigenvalue weighted by molar-refractivity contribution is -0.870. The van der Waals surface area contributed by atoms with Crippen molar-refractivity contribution < 1.29 is 32.9 Å². The van der Waals surface area contributed by atoms with E-state index >= 15 is 0 Å². The second kappa shape index (κ2) is 45.6. The van der Waals surface area contributed by atoms with E-state index in [9.17, 15) is 19.4 Å². The van der Waals surface area contributed by atoms with E-state index in [0.29, 0.717) is 17.4 Å². The number of carbonyl (C=O) groups is 1. The minimum absolute atomic E-state index is 0.0545. The second-order valence-corrected chi connectivity index (χ2v) is 20.7. The van der Waals surface area contributed by atoms with Crippen LogP contribution in [0.3, 0.4) is 0 Å². The van der Waals surface area contributed by atoms with Crippen LogP contribution < -0.4 is 5.32 Å². The summed E-state index contributed by atoms with van der Waals surface area (Å²) in [4.78, 5) is 23.2. The Morgan fingerprint density at radius 1 is 0.540 bits per heavy atom. The lowest BCUT2D eigenvalue weighted by Crippen LogP contribution is -2.45. The largest absolute Gasteiger partial charge is 0.472 e. The van der Waals surface area contributed by atoms with Gasteiger partial charge >= 0.3 is 7.82 Å². The molecule has 0 aromatic carbocycles. The number of quaternary nitrogens is 1. The predicted molar refractivity (Wildman–Crippen MR) is 272 cm³/mol. The Kier molecular flexibility index (Phi) is 44.5. The molecule has 1 amide bonds. The van der Waals surface area contributed by atoms with Gasteiger partial charge in [-0.25, -0.2) is 4.57 Å². The van der Waals surface area contributed by atoms with E-state index in [-0.39, 0.29) is 19.1 Å². The highest BCUT2D eigenvalue weighted by atomic mass is 31.2. The summed E-state index contributed by atoms with van der Waals surface area (Å²) >= 11 is 0. The van der Waals surface area contributed by atoms with Crippen LogP contribution in [-0.2, 0) is 18.4 Å². The molecular formula is C54H104N2O6P+. The first kappa shape index (κ1) is 61.5. The molecule has 0 heterocycles. The van der Waals surface area contributed by atoms with Crippen LogP contribution in [0, 0.1) is 0 Å². The summed E-state index contributed by atoms with van der Waals surface area (Å²) in [5, 5.41) is 13.9. The van der Waals surface area contributed by atoms with E-state index in [4.69, 9.17) is 9.05 Å². The maximum absolute atomic E-state index is 12.9. The molecule has 0 rings (SSSR count). The van der Waals surface area contributed by atoms with E-state index < -0.39 is 20.0 Å². The quantitative estimate of drug-likeness (QED) is 0.0243. The maximum Gasteiger partial charge on any atom is 0.472 e. The van der Waals surface area contributed by atoms with E-state index in [1.807, 2.05) is 27.2 Å². The number of amides is 1. The molecule has 8 nitrogen and oxygen atoms in total. The minimum atomic E-state index is -4.35. The number of nitrogens with zero attached hydrogens (tertiary/aromatic N) is 1. The number of hydrogen-bond donors (Lipinski definition) is 3. The zero-order valence-corrected chi connectivity index (χ0v) is 43.0. The van der Waals surface area contributed by atoms with Gasteiger partial charge in [-0.15, -0.1) is 0 Å². The third kappa shape index (κ3) is 48.2. The van der Waals surface area contributed by atoms with Gasteiger partial charge in [0, 0.05) is 6.42 Å². The number of likely N-dealkylation sites (N-methyl/N-ethyl adjacent to an activating group) is 1. The maximum atomic E-state index is 12.9. The molecule has 0 saturated carbocycles. The molecule has 0 radical (unpaired) electrons. The van der Waals surface area contributed by atoms with Crippen molar-refractivity contribution in [2.75, 3.05) is 40.9 Å². The van der Waals surface area contributed by atoms with E-state index in [1.165, 1.54) is 173 Å². The Morgan fingerprint density at radius 3 is 1.40 bits per heavy atom. The van der Waals surface area contributed by atoms with Gasteiger partial charge in [0.25, 0.3) is 0 Å². The van der Waals surface area contributed by atoms with Crippen molar-refractivity contribution >= 4 is 13.7 Å². The third-order valence-electron chi connectivity index (χ3n) is 11.8. The molecule has 9 heteroatoms. The number of unbranched alkanes of at least 4 members (excludes halogenated alkanes) is 29. The summed E-state index contributed by atoms with van der Waals surface area (Å²) in [5.41, 5.74) is 0. The van der Waals surface area contributed by atoms with Crippen molar-refractivity contribution in [3.63, 3.8) is 0 Å². The van der Waals surface area contributed by atoms with Gasteiger partial charge in [0.15, 0.2) is 0 Å². The Hall–Kier alpha value is -1.54. The Morgan fingerprint density at radius 2 is 0.921 bits per heavy atom. The van der Waals surface area contributed by atoms with Crippen LogP contribution in [0.25, 0.3) is 0 Å². The first-order chi connectivity index (χ1) is 30.5. The van der Waals surface area contributed by atoms with Crippen LogP contribution in [0.1, 0.15) is 239 Å². The van der Waals surface area contributed by atoms with Crippen molar-refractivity contribution in [1.29, 1.82) is 0 Å². The average molecular weight is 908 g/mol. The fraction of sp³-hybridized carbons (Fsp3) is 0.833. The fourth-order valence-electron chi connectivity index (χ4n) is 7.56. The fourth-order valence-corrected chi connectivity index (χ4v) is 8.29. The normalized spacial score (nSPS) is 14.5. The molecule has 0 aromatic rings. The molecule has 3 unspecified atom stereocenters. The zero-order chi connectivity index (χ0) is 46.4. The van der Waals surface area contributed by atoms with Crippen LogP contribution >= 0.6 is 7.82 Å². The van der Waals surface area contributed by atoms with E-state index in [0.717, 1.165) is 44.9 Å². The van der Waals surface area contributed by atoms with Gasteiger partial charge < -0.3 is 19.8 Å². The molecule has 0 fully saturated rings. The van der Waals surface area contributed by atoms with Crippen molar-refractivity contribution in [2.24, 2.45) is 0 Å². The Balaban J connectivity index is 4.34. The van der Waals surface area contributed by atoms with Gasteiger partial charge in [0.1, 0.15) is 13.2 Å². The minimum Gasteiger partial charge on any atom is -0.387 e. The monoisotopic (exact) mass is 908 g/mol. The highest BCUT2D eigenvalue weighted by Gasteiger charge is 2.27. The number of phosphoric acid groups is 1. The highest BCUT2D eigenvalue weighted by molar-refractivity contribution is 7.47. The van der Waals surface area contributed by atoms with Crippen molar-refractivity contribution in [1.82, 2.24) is 5.32 Å². The lowest BCUT2D eigenvalue weighted by Gasteiger charge is -2.25. The summed E-state index contributed by atoms with van der Waals surface area (Å²) in [7, 11) is 1.55. The predicted octanol–water partition coefficient (Wildman–Crippen LogP) is 15.6. The van der Waals surface area contributed by atoms with Gasteiger partial charge in [0.2, 0.25) is 5.91 Å². The molecule has 0 saturated heterocycles. The summed E-state index contributed by atoms with van der Waals surface area (Å²) in [6, 6.07) is -0.866. The molecule has 63 heavy (non-hydrogen) atoms. The Bertz CT molecular complexity index is 1170. The van der Waals surface area contributed by atoms with Gasteiger partial charge in [-0.05, 0) is 64.2 Å². The number of allylic oxidation sites excluding steroid dienone is 7. The summed E-state index contributed by atoms with van der Waals surface area (Å²) in [6.45, 7) is 4.78. The van der Waals surface area contributed by atoms with Crippen LogP contribution in [0.15, 0.2) is 48.6 Å². The number of carbonyl (C=O) groups excluding carboxylic acids is 1. The molecule has 370 valence electrons. The standard InChI is InChI=1S/C54H103N2O6P/c1-6-8-10-12-14-16-18-20-22-24-26-27-28-30-31-33-35-37-39-41-43-45-47-53(57)52(51-62-63(59,60)61-50-49-56(3,4)5)55-54(58)48-46-44-42-40-38-36-34-32-29-25-23-21-19-17-15-13-11-9-7-2/h15,17,21,23,37,39,45,47,52-53,57H,6-14,16,18-20,22,24-36,38,40-44,46,48-51H2,1-5H3,(H-,55,58,59,60)/p+1/b17-15-,23-21-,39-37+,47-45+. The van der Waals surface area contributed by atoms with Crippen molar-refractivity contribution in [3.8, 4) is 0 Å². The summed E-state index contributed by atoms with van der Waals surface area (Å²) in [5.74, 6) is -0.191. The topological polar surface area (TPSA) is 105 Å². The SMILES string of the molecule is CCCCC/C=C\C/C=C\CCCCCCCCCCCC(=O)NC(COP(=O)(O)OCC[N+](C)(C)C)C(O)/C=C/CC/C=C/CCCCCCCCCCCCCCCCCC. The second-order valence-electron chi connectivity index (χ2n) is 19.2. The number of aliphatic hydroxyl groups excluding tert-OH is 1.